The zero-order valence-corrected chi connectivity index (χ0v) is 8.58. The second kappa shape index (κ2) is 6.32. The molecule has 1 rings (SSSR count). The van der Waals surface area contributed by atoms with Gasteiger partial charge in [-0.15, -0.1) is 0 Å². The van der Waals surface area contributed by atoms with Crippen LogP contribution < -0.4 is 5.43 Å². The summed E-state index contributed by atoms with van der Waals surface area (Å²) in [7, 11) is 1.74. The van der Waals surface area contributed by atoms with Gasteiger partial charge in [0.1, 0.15) is 0 Å². The lowest BCUT2D eigenvalue weighted by Crippen LogP contribution is -2.47. The Morgan fingerprint density at radius 3 is 2.77 bits per heavy atom. The Morgan fingerprint density at radius 2 is 2.15 bits per heavy atom. The molecule has 0 radical (unpaired) electrons. The summed E-state index contributed by atoms with van der Waals surface area (Å²) in [6.07, 6.45) is 0. The van der Waals surface area contributed by atoms with Crippen LogP contribution in [-0.4, -0.2) is 51.6 Å². The predicted molar refractivity (Wildman–Crippen MR) is 51.4 cm³/mol. The van der Waals surface area contributed by atoms with E-state index in [1.54, 1.807) is 7.11 Å². The van der Waals surface area contributed by atoms with E-state index in [0.717, 1.165) is 39.5 Å². The number of hydrogen-bond donors (Lipinski definition) is 1. The molecule has 1 unspecified atom stereocenters. The minimum atomic E-state index is 0.563. The Balaban J connectivity index is 2.03. The standard InChI is InChI=1S/C9H20N2O2/c1-9(8-12-2)7-10-11-3-5-13-6-4-11/h9-10H,3-8H2,1-2H3. The molecule has 4 nitrogen and oxygen atoms in total. The van der Waals surface area contributed by atoms with Crippen LogP contribution in [-0.2, 0) is 9.47 Å². The van der Waals surface area contributed by atoms with Crippen LogP contribution in [0, 0.1) is 5.92 Å². The van der Waals surface area contributed by atoms with Gasteiger partial charge in [-0.3, -0.25) is 5.43 Å². The van der Waals surface area contributed by atoms with E-state index in [9.17, 15) is 0 Å². The Morgan fingerprint density at radius 1 is 1.46 bits per heavy atom. The molecule has 1 fully saturated rings. The highest BCUT2D eigenvalue weighted by molar-refractivity contribution is 4.59. The Bertz CT molecular complexity index is 127. The predicted octanol–water partition coefficient (Wildman–Crippen LogP) is 0.106. The zero-order chi connectivity index (χ0) is 9.52. The molecule has 1 heterocycles. The first-order valence-corrected chi connectivity index (χ1v) is 4.88. The fraction of sp³-hybridized carbons (Fsp3) is 1.00. The van der Waals surface area contributed by atoms with Crippen molar-refractivity contribution in [2.24, 2.45) is 5.92 Å². The van der Waals surface area contributed by atoms with Crippen LogP contribution in [0.2, 0.25) is 0 Å². The van der Waals surface area contributed by atoms with Gasteiger partial charge in [0.05, 0.1) is 19.8 Å². The number of hydrogen-bond acceptors (Lipinski definition) is 4. The van der Waals surface area contributed by atoms with E-state index >= 15 is 0 Å². The molecule has 0 saturated carbocycles. The van der Waals surface area contributed by atoms with Crippen LogP contribution in [0.25, 0.3) is 0 Å². The fourth-order valence-corrected chi connectivity index (χ4v) is 1.35. The summed E-state index contributed by atoms with van der Waals surface area (Å²) < 4.78 is 10.3. The van der Waals surface area contributed by atoms with Crippen molar-refractivity contribution in [2.45, 2.75) is 6.92 Å². The van der Waals surface area contributed by atoms with E-state index in [0.29, 0.717) is 5.92 Å². The number of rotatable bonds is 5. The van der Waals surface area contributed by atoms with Gasteiger partial charge in [0.15, 0.2) is 0 Å². The van der Waals surface area contributed by atoms with E-state index in [4.69, 9.17) is 9.47 Å². The van der Waals surface area contributed by atoms with Crippen molar-refractivity contribution in [3.63, 3.8) is 0 Å². The van der Waals surface area contributed by atoms with Gasteiger partial charge in [-0.1, -0.05) is 6.92 Å². The summed E-state index contributed by atoms with van der Waals surface area (Å²) in [4.78, 5) is 0. The topological polar surface area (TPSA) is 33.7 Å². The SMILES string of the molecule is COCC(C)CNN1CCOCC1. The lowest BCUT2D eigenvalue weighted by atomic mass is 10.2. The van der Waals surface area contributed by atoms with Crippen LogP contribution in [0.3, 0.4) is 0 Å². The van der Waals surface area contributed by atoms with Crippen molar-refractivity contribution in [1.82, 2.24) is 10.4 Å². The largest absolute Gasteiger partial charge is 0.384 e. The number of hydrazine groups is 1. The van der Waals surface area contributed by atoms with Crippen LogP contribution in [0.1, 0.15) is 6.92 Å². The van der Waals surface area contributed by atoms with Crippen molar-refractivity contribution in [1.29, 1.82) is 0 Å². The van der Waals surface area contributed by atoms with Gasteiger partial charge >= 0.3 is 0 Å². The third-order valence-corrected chi connectivity index (χ3v) is 2.13. The second-order valence-electron chi connectivity index (χ2n) is 3.52. The molecule has 0 bridgehead atoms. The minimum absolute atomic E-state index is 0.563. The third kappa shape index (κ3) is 4.57. The van der Waals surface area contributed by atoms with Crippen LogP contribution >= 0.6 is 0 Å². The first-order chi connectivity index (χ1) is 6.33. The van der Waals surface area contributed by atoms with Crippen molar-refractivity contribution in [2.75, 3.05) is 46.6 Å². The number of methoxy groups -OCH3 is 1. The van der Waals surface area contributed by atoms with E-state index in [2.05, 4.69) is 17.4 Å². The van der Waals surface area contributed by atoms with E-state index in [-0.39, 0.29) is 0 Å². The van der Waals surface area contributed by atoms with Gasteiger partial charge < -0.3 is 9.47 Å². The first kappa shape index (κ1) is 10.9. The molecule has 0 amide bonds. The van der Waals surface area contributed by atoms with Crippen LogP contribution in [0.5, 0.6) is 0 Å². The first-order valence-electron chi connectivity index (χ1n) is 4.88. The number of morpholine rings is 1. The van der Waals surface area contributed by atoms with E-state index in [1.807, 2.05) is 0 Å². The van der Waals surface area contributed by atoms with Gasteiger partial charge in [0.2, 0.25) is 0 Å². The minimum Gasteiger partial charge on any atom is -0.384 e. The Labute approximate surface area is 80.2 Å². The molecule has 0 spiro atoms. The summed E-state index contributed by atoms with van der Waals surface area (Å²) in [5, 5.41) is 2.22. The molecule has 0 aromatic rings. The molecular formula is C9H20N2O2. The third-order valence-electron chi connectivity index (χ3n) is 2.13. The molecular weight excluding hydrogens is 168 g/mol. The molecule has 13 heavy (non-hydrogen) atoms. The molecule has 1 N–H and O–H groups in total. The summed E-state index contributed by atoms with van der Waals surface area (Å²) in [5.41, 5.74) is 3.38. The highest BCUT2D eigenvalue weighted by Crippen LogP contribution is 1.96. The normalized spacial score (nSPS) is 21.7. The molecule has 0 aliphatic carbocycles. The summed E-state index contributed by atoms with van der Waals surface area (Å²) in [6.45, 7) is 7.62. The number of nitrogens with one attached hydrogen (secondary N) is 1. The van der Waals surface area contributed by atoms with E-state index < -0.39 is 0 Å². The monoisotopic (exact) mass is 188 g/mol. The highest BCUT2D eigenvalue weighted by Gasteiger charge is 2.10. The van der Waals surface area contributed by atoms with Crippen LogP contribution in [0.15, 0.2) is 0 Å². The maximum atomic E-state index is 5.25. The molecule has 0 aromatic heterocycles. The Hall–Kier alpha value is -0.160. The second-order valence-corrected chi connectivity index (χ2v) is 3.52. The van der Waals surface area contributed by atoms with Gasteiger partial charge in [-0.05, 0) is 5.92 Å². The molecule has 1 aliphatic rings. The molecule has 1 saturated heterocycles. The molecule has 1 atom stereocenters. The van der Waals surface area contributed by atoms with Crippen molar-refractivity contribution in [3.05, 3.63) is 0 Å². The van der Waals surface area contributed by atoms with Crippen molar-refractivity contribution in [3.8, 4) is 0 Å². The average Bonchev–Trinajstić information content (AvgIpc) is 2.17. The number of nitrogens with zero attached hydrogens (tertiary/aromatic N) is 1. The van der Waals surface area contributed by atoms with Gasteiger partial charge in [0, 0.05) is 26.7 Å². The quantitative estimate of drug-likeness (QED) is 0.664. The molecule has 78 valence electrons. The zero-order valence-electron chi connectivity index (χ0n) is 8.58. The molecule has 0 aromatic carbocycles. The summed E-state index contributed by atoms with van der Waals surface area (Å²) in [5.74, 6) is 0.563. The van der Waals surface area contributed by atoms with Crippen molar-refractivity contribution < 1.29 is 9.47 Å². The maximum absolute atomic E-state index is 5.25. The Kier molecular flexibility index (Phi) is 5.31. The van der Waals surface area contributed by atoms with E-state index in [1.165, 1.54) is 0 Å². The lowest BCUT2D eigenvalue weighted by molar-refractivity contribution is 0.00732. The summed E-state index contributed by atoms with van der Waals surface area (Å²) >= 11 is 0. The van der Waals surface area contributed by atoms with Gasteiger partial charge in [0.25, 0.3) is 0 Å². The fourth-order valence-electron chi connectivity index (χ4n) is 1.35. The smallest absolute Gasteiger partial charge is 0.0608 e. The van der Waals surface area contributed by atoms with Crippen LogP contribution in [0.4, 0.5) is 0 Å². The molecule has 4 heteroatoms. The lowest BCUT2D eigenvalue weighted by Gasteiger charge is -2.28. The van der Waals surface area contributed by atoms with Crippen molar-refractivity contribution >= 4 is 0 Å². The number of ether oxygens (including phenoxy) is 2. The summed E-state index contributed by atoms with van der Waals surface area (Å²) in [6, 6.07) is 0. The average molecular weight is 188 g/mol. The van der Waals surface area contributed by atoms with Gasteiger partial charge in [-0.25, -0.2) is 5.01 Å². The van der Waals surface area contributed by atoms with Gasteiger partial charge in [-0.2, -0.15) is 0 Å². The highest BCUT2D eigenvalue weighted by atomic mass is 16.5. The molecule has 1 aliphatic heterocycles. The maximum Gasteiger partial charge on any atom is 0.0608 e.